The van der Waals surface area contributed by atoms with Crippen molar-refractivity contribution in [2.45, 2.75) is 46.1 Å². The van der Waals surface area contributed by atoms with Gasteiger partial charge in [0.25, 0.3) is 0 Å². The summed E-state index contributed by atoms with van der Waals surface area (Å²) >= 11 is 0. The van der Waals surface area contributed by atoms with Crippen molar-refractivity contribution in [1.82, 2.24) is 23.4 Å². The van der Waals surface area contributed by atoms with Gasteiger partial charge >= 0.3 is 0 Å². The third-order valence-electron chi connectivity index (χ3n) is 4.50. The van der Waals surface area contributed by atoms with Crippen LogP contribution in [-0.4, -0.2) is 97.9 Å². The first-order chi connectivity index (χ1) is 11.8. The lowest BCUT2D eigenvalue weighted by Crippen LogP contribution is -2.39. The van der Waals surface area contributed by atoms with Crippen LogP contribution in [-0.2, 0) is 0 Å². The summed E-state index contributed by atoms with van der Waals surface area (Å²) in [5.74, 6) is 0. The summed E-state index contributed by atoms with van der Waals surface area (Å²) in [6.45, 7) is 12.1. The van der Waals surface area contributed by atoms with Crippen molar-refractivity contribution >= 4 is 15.0 Å². The fourth-order valence-electron chi connectivity index (χ4n) is 3.63. The van der Waals surface area contributed by atoms with Gasteiger partial charge in [-0.05, 0) is 82.9 Å². The minimum atomic E-state index is -2.17. The van der Waals surface area contributed by atoms with E-state index in [2.05, 4.69) is 100 Å². The lowest BCUT2D eigenvalue weighted by molar-refractivity contribution is 0.332. The Hall–Kier alpha value is 0.260. The molecule has 0 aliphatic carbocycles. The topological polar surface area (TPSA) is 40.9 Å². The van der Waals surface area contributed by atoms with Crippen LogP contribution in [0.3, 0.4) is 0 Å². The summed E-state index contributed by atoms with van der Waals surface area (Å²) in [6, 6.07) is 0. The van der Waals surface area contributed by atoms with Gasteiger partial charge in [-0.3, -0.25) is 14.0 Å². The Morgan fingerprint density at radius 1 is 0.962 bits per heavy atom. The van der Waals surface area contributed by atoms with E-state index in [1.165, 1.54) is 6.42 Å². The van der Waals surface area contributed by atoms with Gasteiger partial charge < -0.3 is 0 Å². The zero-order valence-electron chi connectivity index (χ0n) is 19.1. The fourth-order valence-corrected chi connectivity index (χ4v) is 12.9. The highest BCUT2D eigenvalue weighted by Gasteiger charge is 2.41. The molecule has 0 spiro atoms. The molecule has 0 aromatic rings. The van der Waals surface area contributed by atoms with E-state index in [1.807, 2.05) is 0 Å². The van der Waals surface area contributed by atoms with Gasteiger partial charge in [-0.25, -0.2) is 14.1 Å². The largest absolute Gasteiger partial charge is 0.252 e. The Kier molecular flexibility index (Phi) is 8.57. The molecule has 1 rings (SSSR count). The molecule has 1 aliphatic rings. The van der Waals surface area contributed by atoms with Gasteiger partial charge in [0, 0.05) is 19.6 Å². The van der Waals surface area contributed by atoms with Crippen LogP contribution in [0.4, 0.5) is 0 Å². The molecule has 26 heavy (non-hydrogen) atoms. The average Bonchev–Trinajstić information content (AvgIpc) is 2.47. The number of hydrogen-bond acceptors (Lipinski definition) is 1. The molecular formula is C17H43N7P2. The van der Waals surface area contributed by atoms with E-state index in [0.717, 1.165) is 26.1 Å². The van der Waals surface area contributed by atoms with Crippen LogP contribution in [0.1, 0.15) is 40.5 Å². The molecule has 9 heteroatoms. The molecule has 0 saturated carbocycles. The maximum absolute atomic E-state index is 5.75. The summed E-state index contributed by atoms with van der Waals surface area (Å²) < 4.78 is 23.2. The minimum Gasteiger partial charge on any atom is -0.252 e. The van der Waals surface area contributed by atoms with Gasteiger partial charge in [-0.2, -0.15) is 4.52 Å². The standard InChI is InChI=1S/C17H43N7P2/c1-12-14-24-16-13-15-23(11)25(24,18-17(2,3)4)19-26(20(5)6,21(7)8)22(9)10/h12-16H2,1-11H3. The summed E-state index contributed by atoms with van der Waals surface area (Å²) in [5, 5.41) is 0. The molecular weight excluding hydrogens is 364 g/mol. The van der Waals surface area contributed by atoms with Crippen LogP contribution in [0.2, 0.25) is 0 Å². The molecule has 156 valence electrons. The minimum absolute atomic E-state index is 0.129. The molecule has 7 nitrogen and oxygen atoms in total. The van der Waals surface area contributed by atoms with Crippen LogP contribution in [0.15, 0.2) is 9.26 Å². The number of rotatable bonds is 6. The third kappa shape index (κ3) is 5.00. The van der Waals surface area contributed by atoms with E-state index in [4.69, 9.17) is 9.26 Å². The van der Waals surface area contributed by atoms with Crippen LogP contribution < -0.4 is 0 Å². The van der Waals surface area contributed by atoms with Crippen LogP contribution in [0.5, 0.6) is 0 Å². The zero-order valence-corrected chi connectivity index (χ0v) is 20.8. The second kappa shape index (κ2) is 9.17. The maximum atomic E-state index is 5.75. The number of nitrogens with zero attached hydrogens (tertiary/aromatic N) is 7. The molecule has 1 fully saturated rings. The smallest absolute Gasteiger partial charge is 0.213 e. The van der Waals surface area contributed by atoms with Gasteiger partial charge in [0.15, 0.2) is 7.51 Å². The summed E-state index contributed by atoms with van der Waals surface area (Å²) in [6.07, 6.45) is 2.31. The van der Waals surface area contributed by atoms with Crippen molar-refractivity contribution in [1.29, 1.82) is 0 Å². The molecule has 1 atom stereocenters. The van der Waals surface area contributed by atoms with Crippen molar-refractivity contribution in [2.24, 2.45) is 9.26 Å². The molecule has 1 saturated heterocycles. The molecule has 1 aliphatic heterocycles. The Morgan fingerprint density at radius 2 is 1.46 bits per heavy atom. The van der Waals surface area contributed by atoms with Gasteiger partial charge in [0.05, 0.1) is 5.54 Å². The lowest BCUT2D eigenvalue weighted by atomic mass is 10.1. The quantitative estimate of drug-likeness (QED) is 0.610. The van der Waals surface area contributed by atoms with Crippen molar-refractivity contribution in [3.05, 3.63) is 0 Å². The summed E-state index contributed by atoms with van der Waals surface area (Å²) in [5.41, 5.74) is -0.129. The molecule has 1 heterocycles. The predicted molar refractivity (Wildman–Crippen MR) is 119 cm³/mol. The summed E-state index contributed by atoms with van der Waals surface area (Å²) in [4.78, 5) is 0. The van der Waals surface area contributed by atoms with Crippen molar-refractivity contribution < 1.29 is 0 Å². The van der Waals surface area contributed by atoms with Crippen molar-refractivity contribution in [2.75, 3.05) is 69.0 Å². The first kappa shape index (κ1) is 24.3. The van der Waals surface area contributed by atoms with Crippen molar-refractivity contribution in [3.63, 3.8) is 0 Å². The van der Waals surface area contributed by atoms with Crippen LogP contribution in [0.25, 0.3) is 0 Å². The Balaban J connectivity index is 3.93. The molecule has 0 radical (unpaired) electrons. The fraction of sp³-hybridized carbons (Fsp3) is 1.00. The highest BCUT2D eigenvalue weighted by molar-refractivity contribution is 7.71. The zero-order chi connectivity index (χ0) is 20.3. The Bertz CT molecular complexity index is 533. The first-order valence-electron chi connectivity index (χ1n) is 9.61. The van der Waals surface area contributed by atoms with Gasteiger partial charge in [-0.1, -0.05) is 6.92 Å². The normalized spacial score (nSPS) is 23.9. The highest BCUT2D eigenvalue weighted by Crippen LogP contribution is 2.70. The van der Waals surface area contributed by atoms with Crippen molar-refractivity contribution in [3.8, 4) is 0 Å². The van der Waals surface area contributed by atoms with E-state index < -0.39 is 15.0 Å². The lowest BCUT2D eigenvalue weighted by Gasteiger charge is -2.49. The Labute approximate surface area is 163 Å². The average molecular weight is 408 g/mol. The predicted octanol–water partition coefficient (Wildman–Crippen LogP) is 4.41. The van der Waals surface area contributed by atoms with E-state index in [9.17, 15) is 0 Å². The Morgan fingerprint density at radius 3 is 1.85 bits per heavy atom. The van der Waals surface area contributed by atoms with Gasteiger partial charge in [0.2, 0.25) is 7.51 Å². The SMILES string of the molecule is CCCN1CCCN(C)P1(=NC(C)(C)C)N=P(N(C)C)(N(C)C)N(C)C. The molecule has 0 N–H and O–H groups in total. The van der Waals surface area contributed by atoms with E-state index in [0.29, 0.717) is 0 Å². The monoisotopic (exact) mass is 407 g/mol. The van der Waals surface area contributed by atoms with E-state index in [1.54, 1.807) is 0 Å². The van der Waals surface area contributed by atoms with Crippen LogP contribution >= 0.6 is 15.0 Å². The molecule has 0 aromatic carbocycles. The number of hydrogen-bond donors (Lipinski definition) is 0. The summed E-state index contributed by atoms with van der Waals surface area (Å²) in [7, 11) is 10.9. The second-order valence-electron chi connectivity index (χ2n) is 8.66. The van der Waals surface area contributed by atoms with E-state index in [-0.39, 0.29) is 5.54 Å². The second-order valence-corrected chi connectivity index (χ2v) is 15.4. The third-order valence-corrected chi connectivity index (χ3v) is 12.8. The molecule has 1 unspecified atom stereocenters. The van der Waals surface area contributed by atoms with Gasteiger partial charge in [-0.15, -0.1) is 0 Å². The molecule has 0 amide bonds. The van der Waals surface area contributed by atoms with Crippen LogP contribution in [0, 0.1) is 0 Å². The highest BCUT2D eigenvalue weighted by atomic mass is 31.2. The maximum Gasteiger partial charge on any atom is 0.213 e. The van der Waals surface area contributed by atoms with E-state index >= 15 is 0 Å². The first-order valence-corrected chi connectivity index (χ1v) is 12.8. The van der Waals surface area contributed by atoms with Gasteiger partial charge in [0.1, 0.15) is 0 Å². The molecule has 0 bridgehead atoms. The molecule has 0 aromatic heterocycles.